The van der Waals surface area contributed by atoms with Gasteiger partial charge in [-0.25, -0.2) is 4.98 Å². The van der Waals surface area contributed by atoms with Crippen molar-refractivity contribution >= 4 is 21.6 Å². The van der Waals surface area contributed by atoms with E-state index in [1.54, 1.807) is 11.3 Å². The van der Waals surface area contributed by atoms with Crippen molar-refractivity contribution in [3.63, 3.8) is 0 Å². The van der Waals surface area contributed by atoms with Gasteiger partial charge in [0.2, 0.25) is 0 Å². The van der Waals surface area contributed by atoms with Crippen molar-refractivity contribution in [1.82, 2.24) is 4.98 Å². The predicted molar refractivity (Wildman–Crippen MR) is 147 cm³/mol. The van der Waals surface area contributed by atoms with Crippen molar-refractivity contribution < 1.29 is 5.11 Å². The molecular formula is C30H51NOS. The Hall–Kier alpha value is -0.930. The van der Waals surface area contributed by atoms with E-state index in [0.717, 1.165) is 16.9 Å². The first kappa shape index (κ1) is 28.3. The number of para-hydroxylation sites is 1. The summed E-state index contributed by atoms with van der Waals surface area (Å²) in [4.78, 5) is 4.79. The summed E-state index contributed by atoms with van der Waals surface area (Å²) in [6.45, 7) is 6.96. The molecule has 0 saturated heterocycles. The number of benzene rings is 1. The number of hydrogen-bond donors (Lipinski definition) is 1. The minimum Gasteiger partial charge on any atom is -0.392 e. The zero-order chi connectivity index (χ0) is 23.7. The molecule has 1 aromatic heterocycles. The molecule has 0 fully saturated rings. The summed E-state index contributed by atoms with van der Waals surface area (Å²) in [5.74, 6) is 1.11. The minimum atomic E-state index is -0.266. The maximum absolute atomic E-state index is 11.2. The summed E-state index contributed by atoms with van der Waals surface area (Å²) in [6, 6.07) is 8.35. The van der Waals surface area contributed by atoms with Crippen molar-refractivity contribution in [2.45, 2.75) is 136 Å². The molecule has 3 heteroatoms. The van der Waals surface area contributed by atoms with Crippen LogP contribution in [0.2, 0.25) is 0 Å². The van der Waals surface area contributed by atoms with Gasteiger partial charge in [-0.2, -0.15) is 0 Å². The summed E-state index contributed by atoms with van der Waals surface area (Å²) in [7, 11) is 0. The largest absolute Gasteiger partial charge is 0.392 e. The van der Waals surface area contributed by atoms with E-state index in [4.69, 9.17) is 4.98 Å². The zero-order valence-electron chi connectivity index (χ0n) is 21.9. The number of aromatic nitrogens is 1. The number of aliphatic hydroxyl groups excluding tert-OH is 1. The third-order valence-corrected chi connectivity index (χ3v) is 8.26. The molecule has 33 heavy (non-hydrogen) atoms. The first-order valence-corrected chi connectivity index (χ1v) is 15.0. The number of aliphatic hydroxyl groups is 1. The number of rotatable bonds is 20. The molecule has 0 aliphatic heterocycles. The maximum Gasteiger partial charge on any atom is 0.0964 e. The normalized spacial score (nSPS) is 14.5. The van der Waals surface area contributed by atoms with E-state index in [1.807, 2.05) is 6.07 Å². The number of unbranched alkanes of at least 4 members (excludes halogenated alkanes) is 11. The Morgan fingerprint density at radius 3 is 2.03 bits per heavy atom. The van der Waals surface area contributed by atoms with Gasteiger partial charge in [0, 0.05) is 6.42 Å². The molecule has 0 spiro atoms. The predicted octanol–water partition coefficient (Wildman–Crippen LogP) is 9.73. The standard InChI is InChI=1S/C30H51NOS/c1-4-6-8-9-10-11-12-13-14-16-20-26(23-25(3)19-15-7-5-2)28(32)24-30-31-27-21-17-18-22-29(27)33-30/h17-18,21-22,25-26,28,32H,4-16,19-20,23-24H2,1-3H3. The number of hydrogen-bond acceptors (Lipinski definition) is 3. The molecule has 188 valence electrons. The fraction of sp³-hybridized carbons (Fsp3) is 0.767. The lowest BCUT2D eigenvalue weighted by atomic mass is 9.84. The number of nitrogens with zero attached hydrogens (tertiary/aromatic N) is 1. The fourth-order valence-electron chi connectivity index (χ4n) is 5.09. The third kappa shape index (κ3) is 11.9. The van der Waals surface area contributed by atoms with Gasteiger partial charge in [0.05, 0.1) is 21.3 Å². The van der Waals surface area contributed by atoms with E-state index >= 15 is 0 Å². The van der Waals surface area contributed by atoms with Crippen LogP contribution in [0.25, 0.3) is 10.2 Å². The van der Waals surface area contributed by atoms with E-state index < -0.39 is 0 Å². The van der Waals surface area contributed by atoms with E-state index in [1.165, 1.54) is 101 Å². The average molecular weight is 474 g/mol. The van der Waals surface area contributed by atoms with Gasteiger partial charge in [0.1, 0.15) is 0 Å². The van der Waals surface area contributed by atoms with Crippen LogP contribution in [-0.4, -0.2) is 16.2 Å². The maximum atomic E-state index is 11.2. The Kier molecular flexibility index (Phi) is 15.0. The molecule has 1 aromatic carbocycles. The Morgan fingerprint density at radius 1 is 0.788 bits per heavy atom. The summed E-state index contributed by atoms with van der Waals surface area (Å²) in [5.41, 5.74) is 1.07. The number of thiazole rings is 1. The quantitative estimate of drug-likeness (QED) is 0.194. The molecule has 0 radical (unpaired) electrons. The highest BCUT2D eigenvalue weighted by molar-refractivity contribution is 7.18. The molecule has 0 bridgehead atoms. The summed E-state index contributed by atoms with van der Waals surface area (Å²) < 4.78 is 1.24. The lowest BCUT2D eigenvalue weighted by Gasteiger charge is -2.25. The Morgan fingerprint density at radius 2 is 1.36 bits per heavy atom. The second-order valence-electron chi connectivity index (χ2n) is 10.4. The molecule has 2 nitrogen and oxygen atoms in total. The van der Waals surface area contributed by atoms with Gasteiger partial charge in [-0.15, -0.1) is 11.3 Å². The van der Waals surface area contributed by atoms with Crippen molar-refractivity contribution in [3.05, 3.63) is 29.3 Å². The van der Waals surface area contributed by atoms with Gasteiger partial charge in [-0.3, -0.25) is 0 Å². The van der Waals surface area contributed by atoms with Crippen LogP contribution in [0.4, 0.5) is 0 Å². The van der Waals surface area contributed by atoms with E-state index in [0.29, 0.717) is 18.3 Å². The molecule has 0 saturated carbocycles. The van der Waals surface area contributed by atoms with Crippen LogP contribution in [0.3, 0.4) is 0 Å². The lowest BCUT2D eigenvalue weighted by molar-refractivity contribution is 0.0854. The topological polar surface area (TPSA) is 33.1 Å². The highest BCUT2D eigenvalue weighted by atomic mass is 32.1. The minimum absolute atomic E-state index is 0.266. The first-order valence-electron chi connectivity index (χ1n) is 14.2. The molecule has 3 unspecified atom stereocenters. The van der Waals surface area contributed by atoms with Crippen molar-refractivity contribution in [2.24, 2.45) is 11.8 Å². The monoisotopic (exact) mass is 473 g/mol. The second-order valence-corrected chi connectivity index (χ2v) is 11.5. The zero-order valence-corrected chi connectivity index (χ0v) is 22.7. The van der Waals surface area contributed by atoms with Gasteiger partial charge < -0.3 is 5.11 Å². The molecule has 0 aliphatic rings. The fourth-order valence-corrected chi connectivity index (χ4v) is 6.11. The molecule has 1 N–H and O–H groups in total. The van der Waals surface area contributed by atoms with Crippen LogP contribution in [0.1, 0.15) is 129 Å². The summed E-state index contributed by atoms with van der Waals surface area (Å²) in [5, 5.41) is 12.3. The van der Waals surface area contributed by atoms with Crippen molar-refractivity contribution in [3.8, 4) is 0 Å². The van der Waals surface area contributed by atoms with Gasteiger partial charge in [0.25, 0.3) is 0 Å². The van der Waals surface area contributed by atoms with Crippen molar-refractivity contribution in [1.29, 1.82) is 0 Å². The Bertz CT molecular complexity index is 694. The van der Waals surface area contributed by atoms with Gasteiger partial charge in [-0.05, 0) is 36.8 Å². The summed E-state index contributed by atoms with van der Waals surface area (Å²) in [6.07, 6.45) is 21.8. The first-order chi connectivity index (χ1) is 16.1. The lowest BCUT2D eigenvalue weighted by Crippen LogP contribution is -2.25. The van der Waals surface area contributed by atoms with Crippen LogP contribution in [0.15, 0.2) is 24.3 Å². The molecular weight excluding hydrogens is 422 g/mol. The number of fused-ring (bicyclic) bond motifs is 1. The van der Waals surface area contributed by atoms with E-state index in [9.17, 15) is 5.11 Å². The van der Waals surface area contributed by atoms with Gasteiger partial charge in [0.15, 0.2) is 0 Å². The Labute approximate surface area is 208 Å². The van der Waals surface area contributed by atoms with Crippen LogP contribution in [0.5, 0.6) is 0 Å². The summed E-state index contributed by atoms with van der Waals surface area (Å²) >= 11 is 1.75. The Balaban J connectivity index is 1.77. The molecule has 1 heterocycles. The van der Waals surface area contributed by atoms with Crippen LogP contribution < -0.4 is 0 Å². The molecule has 3 atom stereocenters. The van der Waals surface area contributed by atoms with Gasteiger partial charge in [-0.1, -0.05) is 123 Å². The van der Waals surface area contributed by atoms with E-state index in [2.05, 4.69) is 39.0 Å². The average Bonchev–Trinajstić information content (AvgIpc) is 3.22. The van der Waals surface area contributed by atoms with Crippen molar-refractivity contribution in [2.75, 3.05) is 0 Å². The molecule has 0 amide bonds. The van der Waals surface area contributed by atoms with Gasteiger partial charge >= 0.3 is 0 Å². The smallest absolute Gasteiger partial charge is 0.0964 e. The molecule has 0 aliphatic carbocycles. The highest BCUT2D eigenvalue weighted by Gasteiger charge is 2.23. The van der Waals surface area contributed by atoms with Crippen LogP contribution in [-0.2, 0) is 6.42 Å². The molecule has 2 aromatic rings. The molecule has 2 rings (SSSR count). The third-order valence-electron chi connectivity index (χ3n) is 7.20. The second kappa shape index (κ2) is 17.5. The SMILES string of the molecule is CCCCCCCCCCCCC(CC(C)CCCCC)C(O)Cc1nc2ccccc2s1. The van der Waals surface area contributed by atoms with Crippen LogP contribution >= 0.6 is 11.3 Å². The van der Waals surface area contributed by atoms with Crippen LogP contribution in [0, 0.1) is 11.8 Å². The van der Waals surface area contributed by atoms with E-state index in [-0.39, 0.29) is 6.10 Å². The highest BCUT2D eigenvalue weighted by Crippen LogP contribution is 2.29.